The topological polar surface area (TPSA) is 15.3 Å². The molecule has 19 heavy (non-hydrogen) atoms. The molecule has 1 rings (SSSR count). The highest BCUT2D eigenvalue weighted by molar-refractivity contribution is 5.25. The quantitative estimate of drug-likeness (QED) is 0.802. The number of nitrogens with one attached hydrogen (secondary N) is 1. The van der Waals surface area contributed by atoms with Crippen LogP contribution in [0.25, 0.3) is 0 Å². The molecular formula is C14H21F3N2. The van der Waals surface area contributed by atoms with Gasteiger partial charge in [0.2, 0.25) is 0 Å². The Morgan fingerprint density at radius 1 is 1.26 bits per heavy atom. The zero-order chi connectivity index (χ0) is 14.5. The number of nitrogens with zero attached hydrogens (tertiary/aromatic N) is 1. The fourth-order valence-corrected chi connectivity index (χ4v) is 1.60. The first-order valence-electron chi connectivity index (χ1n) is 6.38. The molecule has 0 aliphatic rings. The lowest BCUT2D eigenvalue weighted by Crippen LogP contribution is -2.33. The monoisotopic (exact) mass is 274 g/mol. The molecule has 0 atom stereocenters. The van der Waals surface area contributed by atoms with Crippen molar-refractivity contribution in [2.45, 2.75) is 32.6 Å². The summed E-state index contributed by atoms with van der Waals surface area (Å²) in [6.45, 7) is 6.29. The maximum Gasteiger partial charge on any atom is 0.416 e. The smallest absolute Gasteiger partial charge is 0.311 e. The van der Waals surface area contributed by atoms with Crippen LogP contribution in [0.5, 0.6) is 0 Å². The van der Waals surface area contributed by atoms with E-state index >= 15 is 0 Å². The van der Waals surface area contributed by atoms with Gasteiger partial charge in [0, 0.05) is 25.7 Å². The third kappa shape index (κ3) is 5.61. The summed E-state index contributed by atoms with van der Waals surface area (Å²) in [5, 5.41) is 3.16. The van der Waals surface area contributed by atoms with E-state index in [1.807, 2.05) is 7.05 Å². The Hall–Kier alpha value is -1.07. The summed E-state index contributed by atoms with van der Waals surface area (Å²) in [6.07, 6.45) is -4.27. The Balaban J connectivity index is 2.42. The first-order valence-corrected chi connectivity index (χ1v) is 6.38. The lowest BCUT2D eigenvalue weighted by atomic mass is 10.1. The van der Waals surface area contributed by atoms with Crippen LogP contribution < -0.4 is 5.32 Å². The highest BCUT2D eigenvalue weighted by Crippen LogP contribution is 2.29. The maximum absolute atomic E-state index is 12.5. The molecule has 0 saturated carbocycles. The molecule has 0 radical (unpaired) electrons. The molecule has 0 aliphatic carbocycles. The fraction of sp³-hybridized carbons (Fsp3) is 0.571. The molecule has 1 aromatic carbocycles. The molecule has 0 unspecified atom stereocenters. The first-order chi connectivity index (χ1) is 8.80. The van der Waals surface area contributed by atoms with Crippen LogP contribution in [0.4, 0.5) is 13.2 Å². The van der Waals surface area contributed by atoms with Gasteiger partial charge in [-0.3, -0.25) is 0 Å². The summed E-state index contributed by atoms with van der Waals surface area (Å²) in [4.78, 5) is 2.18. The van der Waals surface area contributed by atoms with E-state index in [1.165, 1.54) is 12.1 Å². The van der Waals surface area contributed by atoms with Gasteiger partial charge in [0.1, 0.15) is 0 Å². The van der Waals surface area contributed by atoms with Gasteiger partial charge in [0.25, 0.3) is 0 Å². The number of hydrogen-bond donors (Lipinski definition) is 1. The van der Waals surface area contributed by atoms with Crippen molar-refractivity contribution in [1.29, 1.82) is 0 Å². The third-order valence-corrected chi connectivity index (χ3v) is 3.11. The molecule has 0 aliphatic heterocycles. The minimum Gasteiger partial charge on any atom is -0.311 e. The van der Waals surface area contributed by atoms with Crippen LogP contribution in [0, 0.1) is 0 Å². The highest BCUT2D eigenvalue weighted by Gasteiger charge is 2.30. The largest absolute Gasteiger partial charge is 0.416 e. The molecule has 0 aromatic heterocycles. The van der Waals surface area contributed by atoms with E-state index in [1.54, 1.807) is 6.07 Å². The Kier molecular flexibility index (Phi) is 5.82. The normalized spacial score (nSPS) is 12.4. The van der Waals surface area contributed by atoms with Gasteiger partial charge in [-0.1, -0.05) is 18.2 Å². The van der Waals surface area contributed by atoms with Crippen LogP contribution >= 0.6 is 0 Å². The van der Waals surface area contributed by atoms with Gasteiger partial charge in [-0.15, -0.1) is 0 Å². The predicted molar refractivity (Wildman–Crippen MR) is 70.9 cm³/mol. The molecule has 108 valence electrons. The molecule has 0 heterocycles. The molecule has 0 bridgehead atoms. The summed E-state index contributed by atoms with van der Waals surface area (Å²) in [7, 11) is 2.02. The van der Waals surface area contributed by atoms with Crippen LogP contribution in [0.15, 0.2) is 24.3 Å². The van der Waals surface area contributed by atoms with E-state index in [9.17, 15) is 13.2 Å². The van der Waals surface area contributed by atoms with Crippen molar-refractivity contribution in [2.75, 3.05) is 20.1 Å². The predicted octanol–water partition coefficient (Wildman–Crippen LogP) is 3.14. The van der Waals surface area contributed by atoms with Gasteiger partial charge in [0.05, 0.1) is 5.56 Å². The average Bonchev–Trinajstić information content (AvgIpc) is 2.33. The SMILES string of the molecule is CC(C)N(C)CCNCc1cccc(C(F)(F)F)c1. The zero-order valence-corrected chi connectivity index (χ0v) is 11.6. The lowest BCUT2D eigenvalue weighted by molar-refractivity contribution is -0.137. The average molecular weight is 274 g/mol. The van der Waals surface area contributed by atoms with Gasteiger partial charge in [-0.05, 0) is 32.5 Å². The standard InChI is InChI=1S/C14H21F3N2/c1-11(2)19(3)8-7-18-10-12-5-4-6-13(9-12)14(15,16)17/h4-6,9,11,18H,7-8,10H2,1-3H3. The molecule has 0 fully saturated rings. The number of hydrogen-bond acceptors (Lipinski definition) is 2. The van der Waals surface area contributed by atoms with Crippen molar-refractivity contribution in [3.8, 4) is 0 Å². The van der Waals surface area contributed by atoms with Gasteiger partial charge < -0.3 is 10.2 Å². The Bertz CT molecular complexity index is 389. The molecule has 0 amide bonds. The summed E-state index contributed by atoms with van der Waals surface area (Å²) in [6, 6.07) is 5.90. The van der Waals surface area contributed by atoms with Gasteiger partial charge in [0.15, 0.2) is 0 Å². The molecular weight excluding hydrogens is 253 g/mol. The van der Waals surface area contributed by atoms with Gasteiger partial charge in [-0.2, -0.15) is 13.2 Å². The number of rotatable bonds is 6. The van der Waals surface area contributed by atoms with E-state index in [-0.39, 0.29) is 0 Å². The second-order valence-electron chi connectivity index (χ2n) is 4.95. The van der Waals surface area contributed by atoms with E-state index < -0.39 is 11.7 Å². The van der Waals surface area contributed by atoms with Crippen LogP contribution in [-0.2, 0) is 12.7 Å². The molecule has 5 heteroatoms. The Labute approximate surface area is 112 Å². The van der Waals surface area contributed by atoms with Crippen LogP contribution in [0.3, 0.4) is 0 Å². The number of benzene rings is 1. The van der Waals surface area contributed by atoms with Crippen LogP contribution in [0.2, 0.25) is 0 Å². The van der Waals surface area contributed by atoms with Crippen molar-refractivity contribution in [2.24, 2.45) is 0 Å². The third-order valence-electron chi connectivity index (χ3n) is 3.11. The molecule has 0 spiro atoms. The minimum atomic E-state index is -4.27. The number of halogens is 3. The zero-order valence-electron chi connectivity index (χ0n) is 11.6. The van der Waals surface area contributed by atoms with Gasteiger partial charge in [-0.25, -0.2) is 0 Å². The van der Waals surface area contributed by atoms with Crippen molar-refractivity contribution in [1.82, 2.24) is 10.2 Å². The summed E-state index contributed by atoms with van der Waals surface area (Å²) < 4.78 is 37.6. The van der Waals surface area contributed by atoms with E-state index in [0.29, 0.717) is 18.2 Å². The number of alkyl halides is 3. The van der Waals surface area contributed by atoms with Crippen LogP contribution in [-0.4, -0.2) is 31.1 Å². The Morgan fingerprint density at radius 2 is 1.95 bits per heavy atom. The van der Waals surface area contributed by atoms with Crippen LogP contribution in [0.1, 0.15) is 25.0 Å². The molecule has 1 N–H and O–H groups in total. The van der Waals surface area contributed by atoms with Crippen molar-refractivity contribution < 1.29 is 13.2 Å². The first kappa shape index (κ1) is 16.0. The van der Waals surface area contributed by atoms with Gasteiger partial charge >= 0.3 is 6.18 Å². The van der Waals surface area contributed by atoms with E-state index in [0.717, 1.165) is 19.2 Å². The number of likely N-dealkylation sites (N-methyl/N-ethyl adjacent to an activating group) is 1. The minimum absolute atomic E-state index is 0.454. The molecule has 1 aromatic rings. The second kappa shape index (κ2) is 6.91. The Morgan fingerprint density at radius 3 is 2.53 bits per heavy atom. The summed E-state index contributed by atoms with van der Waals surface area (Å²) >= 11 is 0. The van der Waals surface area contributed by atoms with E-state index in [4.69, 9.17) is 0 Å². The van der Waals surface area contributed by atoms with E-state index in [2.05, 4.69) is 24.1 Å². The van der Waals surface area contributed by atoms with Crippen molar-refractivity contribution in [3.63, 3.8) is 0 Å². The van der Waals surface area contributed by atoms with Crippen molar-refractivity contribution >= 4 is 0 Å². The molecule has 2 nitrogen and oxygen atoms in total. The summed E-state index contributed by atoms with van der Waals surface area (Å²) in [5.41, 5.74) is 0.0631. The highest BCUT2D eigenvalue weighted by atomic mass is 19.4. The fourth-order valence-electron chi connectivity index (χ4n) is 1.60. The maximum atomic E-state index is 12.5. The van der Waals surface area contributed by atoms with Crippen molar-refractivity contribution in [3.05, 3.63) is 35.4 Å². The lowest BCUT2D eigenvalue weighted by Gasteiger charge is -2.21. The molecule has 0 saturated heterocycles. The second-order valence-corrected chi connectivity index (χ2v) is 4.95. The summed E-state index contributed by atoms with van der Waals surface area (Å²) in [5.74, 6) is 0.